The number of carboxylic acids is 1. The zero-order chi connectivity index (χ0) is 15.4. The molecule has 2 aromatic rings. The summed E-state index contributed by atoms with van der Waals surface area (Å²) in [7, 11) is 3.05. The second-order valence-electron chi connectivity index (χ2n) is 4.45. The van der Waals surface area contributed by atoms with Crippen LogP contribution < -0.4 is 9.47 Å². The number of rotatable bonds is 6. The average Bonchev–Trinajstić information content (AvgIpc) is 2.90. The van der Waals surface area contributed by atoms with Gasteiger partial charge >= 0.3 is 5.97 Å². The lowest BCUT2D eigenvalue weighted by molar-refractivity contribution is 0.0695. The number of carbonyl (C=O) groups is 1. The zero-order valence-corrected chi connectivity index (χ0v) is 12.2. The van der Waals surface area contributed by atoms with Crippen LogP contribution in [0.3, 0.4) is 0 Å². The Hall–Kier alpha value is -2.50. The Morgan fingerprint density at radius 2 is 2.10 bits per heavy atom. The third kappa shape index (κ3) is 2.84. The number of aromatic nitrogens is 1. The molecule has 0 saturated heterocycles. The Labute approximate surface area is 122 Å². The van der Waals surface area contributed by atoms with Gasteiger partial charge in [-0.3, -0.25) is 0 Å². The number of ether oxygens (including phenoxy) is 2. The summed E-state index contributed by atoms with van der Waals surface area (Å²) in [6, 6.07) is 5.11. The van der Waals surface area contributed by atoms with Gasteiger partial charge in [0.2, 0.25) is 0 Å². The number of nitrogens with zero attached hydrogens (tertiary/aromatic N) is 1. The third-order valence-corrected chi connectivity index (χ3v) is 3.12. The van der Waals surface area contributed by atoms with Crippen molar-refractivity contribution in [2.45, 2.75) is 19.8 Å². The minimum absolute atomic E-state index is 0.0726. The molecule has 0 radical (unpaired) electrons. The van der Waals surface area contributed by atoms with Gasteiger partial charge < -0.3 is 19.1 Å². The number of methoxy groups -OCH3 is 2. The fourth-order valence-corrected chi connectivity index (χ4v) is 2.13. The fraction of sp³-hybridized carbons (Fsp3) is 0.333. The van der Waals surface area contributed by atoms with Crippen molar-refractivity contribution in [2.24, 2.45) is 0 Å². The molecule has 1 N–H and O–H groups in total. The minimum atomic E-state index is -1.07. The SMILES string of the molecule is CCCc1onc(-c2cc(OC)ccc2OC)c1C(=O)O. The van der Waals surface area contributed by atoms with Crippen LogP contribution in [0.25, 0.3) is 11.3 Å². The molecular weight excluding hydrogens is 274 g/mol. The maximum Gasteiger partial charge on any atom is 0.341 e. The van der Waals surface area contributed by atoms with Gasteiger partial charge in [-0.1, -0.05) is 12.1 Å². The molecule has 0 aliphatic carbocycles. The number of hydrogen-bond donors (Lipinski definition) is 1. The summed E-state index contributed by atoms with van der Waals surface area (Å²) in [4.78, 5) is 11.5. The van der Waals surface area contributed by atoms with E-state index in [2.05, 4.69) is 5.16 Å². The highest BCUT2D eigenvalue weighted by atomic mass is 16.5. The summed E-state index contributed by atoms with van der Waals surface area (Å²) in [5.41, 5.74) is 0.852. The van der Waals surface area contributed by atoms with Gasteiger partial charge in [-0.25, -0.2) is 4.79 Å². The summed E-state index contributed by atoms with van der Waals surface area (Å²) in [6.07, 6.45) is 1.28. The highest BCUT2D eigenvalue weighted by Gasteiger charge is 2.25. The van der Waals surface area contributed by atoms with Crippen LogP contribution in [0.5, 0.6) is 11.5 Å². The molecule has 0 atom stereocenters. The first-order valence-electron chi connectivity index (χ1n) is 6.56. The molecule has 6 heteroatoms. The van der Waals surface area contributed by atoms with Gasteiger partial charge in [0, 0.05) is 6.42 Å². The van der Waals surface area contributed by atoms with Gasteiger partial charge in [0.1, 0.15) is 22.8 Å². The number of carboxylic acid groups (broad SMARTS) is 1. The highest BCUT2D eigenvalue weighted by Crippen LogP contribution is 2.36. The molecule has 2 rings (SSSR count). The molecule has 0 spiro atoms. The van der Waals surface area contributed by atoms with Gasteiger partial charge in [0.25, 0.3) is 0 Å². The van der Waals surface area contributed by atoms with Crippen molar-refractivity contribution in [3.05, 3.63) is 29.5 Å². The van der Waals surface area contributed by atoms with Crippen LogP contribution in [0.1, 0.15) is 29.5 Å². The predicted octanol–water partition coefficient (Wildman–Crippen LogP) is 3.01. The predicted molar refractivity (Wildman–Crippen MR) is 76.0 cm³/mol. The van der Waals surface area contributed by atoms with Crippen LogP contribution in [-0.4, -0.2) is 30.5 Å². The van der Waals surface area contributed by atoms with Crippen LogP contribution in [-0.2, 0) is 6.42 Å². The molecule has 0 aliphatic rings. The van der Waals surface area contributed by atoms with Gasteiger partial charge in [0.15, 0.2) is 5.76 Å². The van der Waals surface area contributed by atoms with E-state index in [1.807, 2.05) is 6.92 Å². The van der Waals surface area contributed by atoms with Crippen LogP contribution in [0.2, 0.25) is 0 Å². The first-order chi connectivity index (χ1) is 10.1. The molecule has 1 aromatic heterocycles. The molecule has 1 heterocycles. The second-order valence-corrected chi connectivity index (χ2v) is 4.45. The van der Waals surface area contributed by atoms with Crippen LogP contribution >= 0.6 is 0 Å². The molecule has 0 fully saturated rings. The Bertz CT molecular complexity index is 648. The molecular formula is C15H17NO5. The first-order valence-corrected chi connectivity index (χ1v) is 6.56. The zero-order valence-electron chi connectivity index (χ0n) is 12.2. The van der Waals surface area contributed by atoms with Gasteiger partial charge in [-0.2, -0.15) is 0 Å². The van der Waals surface area contributed by atoms with Crippen LogP contribution in [0.4, 0.5) is 0 Å². The molecule has 0 unspecified atom stereocenters. The van der Waals surface area contributed by atoms with E-state index in [-0.39, 0.29) is 11.3 Å². The number of benzene rings is 1. The van der Waals surface area contributed by atoms with Crippen molar-refractivity contribution < 1.29 is 23.9 Å². The van der Waals surface area contributed by atoms with E-state index in [0.717, 1.165) is 6.42 Å². The van der Waals surface area contributed by atoms with E-state index >= 15 is 0 Å². The molecule has 0 amide bonds. The van der Waals surface area contributed by atoms with Crippen molar-refractivity contribution in [3.63, 3.8) is 0 Å². The molecule has 0 saturated carbocycles. The van der Waals surface area contributed by atoms with E-state index < -0.39 is 5.97 Å². The maximum absolute atomic E-state index is 11.5. The van der Waals surface area contributed by atoms with Gasteiger partial charge in [-0.15, -0.1) is 0 Å². The molecule has 21 heavy (non-hydrogen) atoms. The lowest BCUT2D eigenvalue weighted by Gasteiger charge is -2.09. The lowest BCUT2D eigenvalue weighted by atomic mass is 10.0. The highest BCUT2D eigenvalue weighted by molar-refractivity contribution is 5.96. The van der Waals surface area contributed by atoms with Crippen molar-refractivity contribution in [1.29, 1.82) is 0 Å². The van der Waals surface area contributed by atoms with E-state index in [0.29, 0.717) is 29.2 Å². The Morgan fingerprint density at radius 1 is 1.33 bits per heavy atom. The maximum atomic E-state index is 11.5. The summed E-state index contributed by atoms with van der Waals surface area (Å²) in [5.74, 6) is 0.390. The van der Waals surface area contributed by atoms with Gasteiger partial charge in [0.05, 0.1) is 19.8 Å². The average molecular weight is 291 g/mol. The van der Waals surface area contributed by atoms with E-state index in [4.69, 9.17) is 14.0 Å². The van der Waals surface area contributed by atoms with Crippen molar-refractivity contribution in [1.82, 2.24) is 5.16 Å². The summed E-state index contributed by atoms with van der Waals surface area (Å²) in [5, 5.41) is 13.4. The normalized spacial score (nSPS) is 10.4. The van der Waals surface area contributed by atoms with Crippen LogP contribution in [0, 0.1) is 0 Å². The fourth-order valence-electron chi connectivity index (χ4n) is 2.13. The van der Waals surface area contributed by atoms with E-state index in [1.54, 1.807) is 18.2 Å². The monoisotopic (exact) mass is 291 g/mol. The molecule has 112 valence electrons. The van der Waals surface area contributed by atoms with E-state index in [9.17, 15) is 9.90 Å². The topological polar surface area (TPSA) is 81.8 Å². The number of aryl methyl sites for hydroxylation is 1. The van der Waals surface area contributed by atoms with Crippen molar-refractivity contribution in [2.75, 3.05) is 14.2 Å². The standard InChI is InChI=1S/C15H17NO5/c1-4-5-12-13(15(17)18)14(16-21-12)10-8-9(19-2)6-7-11(10)20-3/h6-8H,4-5H2,1-3H3,(H,17,18). The van der Waals surface area contributed by atoms with E-state index in [1.165, 1.54) is 14.2 Å². The first kappa shape index (κ1) is 14.9. The summed E-state index contributed by atoms with van der Waals surface area (Å²) < 4.78 is 15.6. The summed E-state index contributed by atoms with van der Waals surface area (Å²) >= 11 is 0. The van der Waals surface area contributed by atoms with Gasteiger partial charge in [-0.05, 0) is 24.6 Å². The molecule has 1 aromatic carbocycles. The number of hydrogen-bond acceptors (Lipinski definition) is 5. The largest absolute Gasteiger partial charge is 0.497 e. The van der Waals surface area contributed by atoms with Crippen molar-refractivity contribution in [3.8, 4) is 22.8 Å². The lowest BCUT2D eigenvalue weighted by Crippen LogP contribution is -2.02. The molecule has 0 aliphatic heterocycles. The van der Waals surface area contributed by atoms with Crippen molar-refractivity contribution >= 4 is 5.97 Å². The summed E-state index contributed by atoms with van der Waals surface area (Å²) in [6.45, 7) is 1.94. The minimum Gasteiger partial charge on any atom is -0.497 e. The molecule has 6 nitrogen and oxygen atoms in total. The Morgan fingerprint density at radius 3 is 2.67 bits per heavy atom. The molecule has 0 bridgehead atoms. The Kier molecular flexibility index (Phi) is 4.47. The second kappa shape index (κ2) is 6.30. The smallest absolute Gasteiger partial charge is 0.341 e. The third-order valence-electron chi connectivity index (χ3n) is 3.12. The number of aromatic carboxylic acids is 1. The van der Waals surface area contributed by atoms with Crippen LogP contribution in [0.15, 0.2) is 22.7 Å². The Balaban J connectivity index is 2.63. The quantitative estimate of drug-likeness (QED) is 0.881.